The van der Waals surface area contributed by atoms with Gasteiger partial charge in [-0.25, -0.2) is 0 Å². The zero-order valence-electron chi connectivity index (χ0n) is 11.2. The van der Waals surface area contributed by atoms with Gasteiger partial charge in [-0.1, -0.05) is 18.2 Å². The van der Waals surface area contributed by atoms with Gasteiger partial charge in [-0.05, 0) is 23.8 Å². The van der Waals surface area contributed by atoms with Crippen LogP contribution in [0.2, 0.25) is 0 Å². The predicted molar refractivity (Wildman–Crippen MR) is 73.2 cm³/mol. The second-order valence-corrected chi connectivity index (χ2v) is 4.31. The number of carbonyl (C=O) groups excluding carboxylic acids is 1. The van der Waals surface area contributed by atoms with Crippen LogP contribution in [0.3, 0.4) is 0 Å². The topological polar surface area (TPSA) is 71.7 Å². The number of aliphatic hydroxyl groups is 1. The normalized spacial score (nSPS) is 12.1. The zero-order valence-corrected chi connectivity index (χ0v) is 11.2. The van der Waals surface area contributed by atoms with Gasteiger partial charge < -0.3 is 19.6 Å². The molecule has 0 aliphatic heterocycles. The molecule has 0 bridgehead atoms. The van der Waals surface area contributed by atoms with Gasteiger partial charge in [0.25, 0.3) is 5.91 Å². The van der Waals surface area contributed by atoms with Crippen LogP contribution < -0.4 is 5.32 Å². The van der Waals surface area contributed by atoms with Crippen molar-refractivity contribution in [2.45, 2.75) is 12.6 Å². The number of nitrogens with one attached hydrogen (secondary N) is 1. The van der Waals surface area contributed by atoms with E-state index in [4.69, 9.17) is 9.15 Å². The Bertz CT molecular complexity index is 551. The van der Waals surface area contributed by atoms with Gasteiger partial charge in [0.2, 0.25) is 0 Å². The Kier molecular flexibility index (Phi) is 4.92. The third kappa shape index (κ3) is 3.26. The van der Waals surface area contributed by atoms with Crippen LogP contribution in [-0.2, 0) is 11.3 Å². The summed E-state index contributed by atoms with van der Waals surface area (Å²) in [5.41, 5.74) is 1.32. The average Bonchev–Trinajstić information content (AvgIpc) is 2.99. The highest BCUT2D eigenvalue weighted by atomic mass is 16.5. The van der Waals surface area contributed by atoms with Crippen LogP contribution in [0.1, 0.15) is 27.7 Å². The molecule has 2 aromatic rings. The van der Waals surface area contributed by atoms with Crippen molar-refractivity contribution in [3.8, 4) is 0 Å². The van der Waals surface area contributed by atoms with Gasteiger partial charge in [0.1, 0.15) is 11.8 Å². The van der Waals surface area contributed by atoms with Crippen molar-refractivity contribution in [1.82, 2.24) is 5.32 Å². The molecule has 5 nitrogen and oxygen atoms in total. The first-order chi connectivity index (χ1) is 9.76. The van der Waals surface area contributed by atoms with E-state index in [1.165, 1.54) is 6.26 Å². The van der Waals surface area contributed by atoms with Crippen LogP contribution in [0.4, 0.5) is 0 Å². The molecule has 0 radical (unpaired) electrons. The summed E-state index contributed by atoms with van der Waals surface area (Å²) in [5.74, 6) is 0.248. The third-order valence-electron chi connectivity index (χ3n) is 2.94. The van der Waals surface area contributed by atoms with Gasteiger partial charge in [0.05, 0.1) is 19.5 Å². The number of ether oxygens (including phenoxy) is 1. The van der Waals surface area contributed by atoms with E-state index in [0.29, 0.717) is 17.9 Å². The van der Waals surface area contributed by atoms with Crippen molar-refractivity contribution in [3.05, 3.63) is 59.5 Å². The number of amides is 1. The van der Waals surface area contributed by atoms with Crippen molar-refractivity contribution < 1.29 is 19.1 Å². The lowest BCUT2D eigenvalue weighted by Gasteiger charge is -2.15. The van der Waals surface area contributed by atoms with Crippen molar-refractivity contribution in [3.63, 3.8) is 0 Å². The molecule has 1 aromatic carbocycles. The van der Waals surface area contributed by atoms with E-state index < -0.39 is 6.04 Å². The fourth-order valence-electron chi connectivity index (χ4n) is 1.96. The summed E-state index contributed by atoms with van der Waals surface area (Å²) in [6.45, 7) is 0.125. The maximum absolute atomic E-state index is 12.3. The summed E-state index contributed by atoms with van der Waals surface area (Å²) in [4.78, 5) is 12.3. The number of rotatable bonds is 6. The third-order valence-corrected chi connectivity index (χ3v) is 2.94. The predicted octanol–water partition coefficient (Wildman–Crippen LogP) is 1.89. The first-order valence-corrected chi connectivity index (χ1v) is 6.28. The summed E-state index contributed by atoms with van der Waals surface area (Å²) in [6, 6.07) is 10.1. The lowest BCUT2D eigenvalue weighted by Crippen LogP contribution is -2.31. The maximum atomic E-state index is 12.3. The monoisotopic (exact) mass is 275 g/mol. The van der Waals surface area contributed by atoms with E-state index in [1.54, 1.807) is 31.4 Å². The second-order valence-electron chi connectivity index (χ2n) is 4.31. The Balaban J connectivity index is 2.15. The SMILES string of the molecule is COCc1ccccc1C(=O)NC(CO)c1ccco1. The van der Waals surface area contributed by atoms with E-state index in [0.717, 1.165) is 5.56 Å². The molecule has 1 aromatic heterocycles. The fourth-order valence-corrected chi connectivity index (χ4v) is 1.96. The second kappa shape index (κ2) is 6.88. The van der Waals surface area contributed by atoms with E-state index in [2.05, 4.69) is 5.32 Å². The van der Waals surface area contributed by atoms with Crippen LogP contribution in [0, 0.1) is 0 Å². The largest absolute Gasteiger partial charge is 0.467 e. The summed E-state index contributed by atoms with van der Waals surface area (Å²) in [7, 11) is 1.58. The van der Waals surface area contributed by atoms with E-state index in [-0.39, 0.29) is 12.5 Å². The molecule has 0 saturated carbocycles. The molecule has 106 valence electrons. The number of benzene rings is 1. The molecule has 0 spiro atoms. The van der Waals surface area contributed by atoms with E-state index >= 15 is 0 Å². The van der Waals surface area contributed by atoms with Gasteiger partial charge in [-0.3, -0.25) is 4.79 Å². The lowest BCUT2D eigenvalue weighted by atomic mass is 10.1. The highest BCUT2D eigenvalue weighted by Gasteiger charge is 2.18. The molecular formula is C15H17NO4. The number of furan rings is 1. The van der Waals surface area contributed by atoms with E-state index in [1.807, 2.05) is 12.1 Å². The Labute approximate surface area is 117 Å². The van der Waals surface area contributed by atoms with Gasteiger partial charge in [-0.2, -0.15) is 0 Å². The minimum Gasteiger partial charge on any atom is -0.467 e. The number of carbonyl (C=O) groups is 1. The Morgan fingerprint density at radius 1 is 1.35 bits per heavy atom. The zero-order chi connectivity index (χ0) is 14.4. The fraction of sp³-hybridized carbons (Fsp3) is 0.267. The smallest absolute Gasteiger partial charge is 0.252 e. The highest BCUT2D eigenvalue weighted by molar-refractivity contribution is 5.95. The van der Waals surface area contributed by atoms with Gasteiger partial charge in [0, 0.05) is 12.7 Å². The Hall–Kier alpha value is -2.11. The Morgan fingerprint density at radius 3 is 2.80 bits per heavy atom. The molecule has 1 unspecified atom stereocenters. The van der Waals surface area contributed by atoms with Crippen LogP contribution in [0.15, 0.2) is 47.1 Å². The summed E-state index contributed by atoms with van der Waals surface area (Å²) >= 11 is 0. The standard InChI is InChI=1S/C15H17NO4/c1-19-10-11-5-2-3-6-12(11)15(18)16-13(9-17)14-7-4-8-20-14/h2-8,13,17H,9-10H2,1H3,(H,16,18). The molecule has 1 heterocycles. The van der Waals surface area contributed by atoms with Gasteiger partial charge >= 0.3 is 0 Å². The number of methoxy groups -OCH3 is 1. The molecule has 0 saturated heterocycles. The summed E-state index contributed by atoms with van der Waals surface area (Å²) in [5, 5.41) is 12.1. The minimum absolute atomic E-state index is 0.230. The van der Waals surface area contributed by atoms with E-state index in [9.17, 15) is 9.90 Å². The maximum Gasteiger partial charge on any atom is 0.252 e. The molecule has 20 heavy (non-hydrogen) atoms. The number of hydrogen-bond donors (Lipinski definition) is 2. The summed E-state index contributed by atoms with van der Waals surface area (Å²) in [6.07, 6.45) is 1.50. The van der Waals surface area contributed by atoms with Crippen LogP contribution in [0.25, 0.3) is 0 Å². The molecule has 5 heteroatoms. The average molecular weight is 275 g/mol. The molecule has 1 atom stereocenters. The highest BCUT2D eigenvalue weighted by Crippen LogP contribution is 2.15. The minimum atomic E-state index is -0.562. The molecular weight excluding hydrogens is 258 g/mol. The van der Waals surface area contributed by atoms with Crippen molar-refractivity contribution in [2.75, 3.05) is 13.7 Å². The lowest BCUT2D eigenvalue weighted by molar-refractivity contribution is 0.0902. The van der Waals surface area contributed by atoms with Crippen LogP contribution >= 0.6 is 0 Å². The van der Waals surface area contributed by atoms with Crippen molar-refractivity contribution in [2.24, 2.45) is 0 Å². The quantitative estimate of drug-likeness (QED) is 0.844. The van der Waals surface area contributed by atoms with Crippen LogP contribution in [-0.4, -0.2) is 24.7 Å². The van der Waals surface area contributed by atoms with Crippen molar-refractivity contribution >= 4 is 5.91 Å². The number of hydrogen-bond acceptors (Lipinski definition) is 4. The number of aliphatic hydroxyl groups excluding tert-OH is 1. The molecule has 2 N–H and O–H groups in total. The Morgan fingerprint density at radius 2 is 2.15 bits per heavy atom. The first-order valence-electron chi connectivity index (χ1n) is 6.28. The molecule has 0 aliphatic rings. The summed E-state index contributed by atoms with van der Waals surface area (Å²) < 4.78 is 10.3. The van der Waals surface area contributed by atoms with Crippen LogP contribution in [0.5, 0.6) is 0 Å². The first kappa shape index (κ1) is 14.3. The van der Waals surface area contributed by atoms with Gasteiger partial charge in [-0.15, -0.1) is 0 Å². The molecule has 0 aliphatic carbocycles. The molecule has 1 amide bonds. The van der Waals surface area contributed by atoms with Gasteiger partial charge in [0.15, 0.2) is 0 Å². The molecule has 0 fully saturated rings. The molecule has 2 rings (SSSR count). The van der Waals surface area contributed by atoms with Crippen molar-refractivity contribution in [1.29, 1.82) is 0 Å².